The van der Waals surface area contributed by atoms with Gasteiger partial charge >= 0.3 is 0 Å². The first-order chi connectivity index (χ1) is 12.4. The fourth-order valence-electron chi connectivity index (χ4n) is 2.97. The van der Waals surface area contributed by atoms with Crippen LogP contribution in [0.15, 0.2) is 29.6 Å². The second-order valence-electron chi connectivity index (χ2n) is 6.82. The van der Waals surface area contributed by atoms with Crippen LogP contribution >= 0.6 is 11.3 Å². The van der Waals surface area contributed by atoms with E-state index < -0.39 is 0 Å². The minimum absolute atomic E-state index is 0.105. The maximum atomic E-state index is 13.0. The van der Waals surface area contributed by atoms with Crippen LogP contribution in [0.25, 0.3) is 0 Å². The molecule has 0 aliphatic carbocycles. The van der Waals surface area contributed by atoms with Crippen molar-refractivity contribution in [3.05, 3.63) is 46.7 Å². The van der Waals surface area contributed by atoms with Gasteiger partial charge < -0.3 is 10.2 Å². The molecule has 5 nitrogen and oxygen atoms in total. The van der Waals surface area contributed by atoms with E-state index in [0.29, 0.717) is 29.7 Å². The number of hydrogen-bond acceptors (Lipinski definition) is 4. The molecule has 2 amide bonds. The molecule has 26 heavy (non-hydrogen) atoms. The summed E-state index contributed by atoms with van der Waals surface area (Å²) in [6.45, 7) is 5.08. The molecule has 3 rings (SSSR count). The zero-order chi connectivity index (χ0) is 18.7. The van der Waals surface area contributed by atoms with Gasteiger partial charge in [-0.05, 0) is 43.0 Å². The number of nitrogens with zero attached hydrogens (tertiary/aromatic N) is 2. The summed E-state index contributed by atoms with van der Waals surface area (Å²) in [5.41, 5.74) is 1.40. The third-order valence-corrected chi connectivity index (χ3v) is 5.29. The van der Waals surface area contributed by atoms with E-state index in [1.54, 1.807) is 4.90 Å². The zero-order valence-electron chi connectivity index (χ0n) is 14.9. The van der Waals surface area contributed by atoms with Crippen LogP contribution in [-0.4, -0.2) is 34.8 Å². The van der Waals surface area contributed by atoms with Gasteiger partial charge in [0.2, 0.25) is 5.91 Å². The molecule has 1 aromatic heterocycles. The van der Waals surface area contributed by atoms with Crippen molar-refractivity contribution >= 4 is 28.3 Å². The topological polar surface area (TPSA) is 62.3 Å². The Labute approximate surface area is 156 Å². The first kappa shape index (κ1) is 18.5. The first-order valence-electron chi connectivity index (χ1n) is 8.75. The second kappa shape index (κ2) is 7.95. The van der Waals surface area contributed by atoms with Crippen LogP contribution in [0.4, 0.5) is 9.52 Å². The van der Waals surface area contributed by atoms with Crippen molar-refractivity contribution in [3.63, 3.8) is 0 Å². The summed E-state index contributed by atoms with van der Waals surface area (Å²) in [6, 6.07) is 5.50. The molecule has 1 fully saturated rings. The van der Waals surface area contributed by atoms with Gasteiger partial charge in [0.15, 0.2) is 5.13 Å². The summed E-state index contributed by atoms with van der Waals surface area (Å²) in [7, 11) is 0. The van der Waals surface area contributed by atoms with Crippen molar-refractivity contribution in [2.24, 2.45) is 5.92 Å². The van der Waals surface area contributed by atoms with Gasteiger partial charge in [0.05, 0.1) is 11.6 Å². The predicted octanol–water partition coefficient (Wildman–Crippen LogP) is 3.90. The van der Waals surface area contributed by atoms with Gasteiger partial charge in [-0.3, -0.25) is 9.59 Å². The van der Waals surface area contributed by atoms with Crippen molar-refractivity contribution in [1.29, 1.82) is 0 Å². The number of rotatable bonds is 4. The molecule has 2 aromatic rings. The lowest BCUT2D eigenvalue weighted by Crippen LogP contribution is -2.43. The van der Waals surface area contributed by atoms with Gasteiger partial charge in [0.1, 0.15) is 5.82 Å². The maximum absolute atomic E-state index is 13.0. The Balaban J connectivity index is 1.62. The van der Waals surface area contributed by atoms with Crippen LogP contribution in [0.2, 0.25) is 0 Å². The molecule has 2 heterocycles. The lowest BCUT2D eigenvalue weighted by molar-refractivity contribution is -0.121. The van der Waals surface area contributed by atoms with Crippen LogP contribution < -0.4 is 5.32 Å². The van der Waals surface area contributed by atoms with Gasteiger partial charge in [-0.25, -0.2) is 9.37 Å². The van der Waals surface area contributed by atoms with E-state index in [0.717, 1.165) is 18.5 Å². The highest BCUT2D eigenvalue weighted by molar-refractivity contribution is 7.13. The molecular weight excluding hydrogens is 353 g/mol. The monoisotopic (exact) mass is 375 g/mol. The van der Waals surface area contributed by atoms with Crippen LogP contribution in [0.5, 0.6) is 0 Å². The number of thiazole rings is 1. The molecular formula is C19H22FN3O2S. The quantitative estimate of drug-likeness (QED) is 0.882. The number of carbonyl (C=O) groups excluding carboxylic acids is 2. The molecule has 1 saturated heterocycles. The highest BCUT2D eigenvalue weighted by Crippen LogP contribution is 2.24. The lowest BCUT2D eigenvalue weighted by atomic mass is 9.96. The molecule has 0 saturated carbocycles. The second-order valence-corrected chi connectivity index (χ2v) is 7.68. The Bertz CT molecular complexity index is 788. The third kappa shape index (κ3) is 4.27. The average molecular weight is 375 g/mol. The van der Waals surface area contributed by atoms with E-state index in [-0.39, 0.29) is 23.5 Å². The molecule has 1 unspecified atom stereocenters. The fraction of sp³-hybridized carbons (Fsp3) is 0.421. The Kier molecular flexibility index (Phi) is 5.66. The van der Waals surface area contributed by atoms with Crippen molar-refractivity contribution in [2.45, 2.75) is 32.6 Å². The minimum Gasteiger partial charge on any atom is -0.338 e. The van der Waals surface area contributed by atoms with Crippen molar-refractivity contribution in [2.75, 3.05) is 18.4 Å². The normalized spacial score (nSPS) is 17.4. The highest BCUT2D eigenvalue weighted by atomic mass is 32.1. The minimum atomic E-state index is -0.373. The largest absolute Gasteiger partial charge is 0.338 e. The number of halogens is 1. The number of carbonyl (C=O) groups is 2. The molecule has 0 spiro atoms. The molecule has 7 heteroatoms. The number of hydrogen-bond donors (Lipinski definition) is 1. The zero-order valence-corrected chi connectivity index (χ0v) is 15.7. The van der Waals surface area contributed by atoms with E-state index in [4.69, 9.17) is 0 Å². The van der Waals surface area contributed by atoms with Gasteiger partial charge in [0, 0.05) is 24.0 Å². The highest BCUT2D eigenvalue weighted by Gasteiger charge is 2.29. The first-order valence-corrected chi connectivity index (χ1v) is 9.63. The van der Waals surface area contributed by atoms with Gasteiger partial charge in [-0.15, -0.1) is 11.3 Å². The number of anilines is 1. The molecule has 1 aliphatic rings. The van der Waals surface area contributed by atoms with E-state index in [1.807, 2.05) is 5.38 Å². The molecule has 1 aromatic carbocycles. The summed E-state index contributed by atoms with van der Waals surface area (Å²) >= 11 is 1.42. The molecule has 0 radical (unpaired) electrons. The predicted molar refractivity (Wildman–Crippen MR) is 99.9 cm³/mol. The molecule has 1 atom stereocenters. The number of piperidine rings is 1. The average Bonchev–Trinajstić information content (AvgIpc) is 3.11. The van der Waals surface area contributed by atoms with Gasteiger partial charge in [0.25, 0.3) is 5.91 Å². The molecule has 138 valence electrons. The van der Waals surface area contributed by atoms with Crippen LogP contribution in [0, 0.1) is 11.7 Å². The standard InChI is InChI=1S/C19H22FN3O2S/c1-12(2)16-11-26-19(21-16)22-17(24)14-4-3-9-23(10-14)18(25)13-5-7-15(20)8-6-13/h5-8,11-12,14H,3-4,9-10H2,1-2H3,(H,21,22,24). The third-order valence-electron chi connectivity index (χ3n) is 4.51. The van der Waals surface area contributed by atoms with Crippen LogP contribution in [0.1, 0.15) is 48.7 Å². The van der Waals surface area contributed by atoms with Crippen LogP contribution in [0.3, 0.4) is 0 Å². The van der Waals surface area contributed by atoms with E-state index in [2.05, 4.69) is 24.1 Å². The number of benzene rings is 1. The Morgan fingerprint density at radius 3 is 2.69 bits per heavy atom. The summed E-state index contributed by atoms with van der Waals surface area (Å²) in [5.74, 6) is -0.596. The van der Waals surface area contributed by atoms with E-state index in [9.17, 15) is 14.0 Å². The van der Waals surface area contributed by atoms with Crippen LogP contribution in [-0.2, 0) is 4.79 Å². The Hall–Kier alpha value is -2.28. The van der Waals surface area contributed by atoms with Gasteiger partial charge in [-0.2, -0.15) is 0 Å². The van der Waals surface area contributed by atoms with Crippen molar-refractivity contribution in [3.8, 4) is 0 Å². The number of aromatic nitrogens is 1. The Morgan fingerprint density at radius 2 is 2.04 bits per heavy atom. The summed E-state index contributed by atoms with van der Waals surface area (Å²) in [4.78, 5) is 31.2. The van der Waals surface area contributed by atoms with E-state index in [1.165, 1.54) is 35.6 Å². The molecule has 1 aliphatic heterocycles. The summed E-state index contributed by atoms with van der Waals surface area (Å²) < 4.78 is 13.0. The molecule has 0 bridgehead atoms. The van der Waals surface area contributed by atoms with Gasteiger partial charge in [-0.1, -0.05) is 13.8 Å². The van der Waals surface area contributed by atoms with Crippen molar-refractivity contribution < 1.29 is 14.0 Å². The van der Waals surface area contributed by atoms with Crippen molar-refractivity contribution in [1.82, 2.24) is 9.88 Å². The number of nitrogens with one attached hydrogen (secondary N) is 1. The maximum Gasteiger partial charge on any atom is 0.253 e. The number of amides is 2. The SMILES string of the molecule is CC(C)c1csc(NC(=O)C2CCCN(C(=O)c3ccc(F)cc3)C2)n1. The molecule has 1 N–H and O–H groups in total. The summed E-state index contributed by atoms with van der Waals surface area (Å²) in [6.07, 6.45) is 1.50. The smallest absolute Gasteiger partial charge is 0.253 e. The number of likely N-dealkylation sites (tertiary alicyclic amines) is 1. The van der Waals surface area contributed by atoms with E-state index >= 15 is 0 Å². The fourth-order valence-corrected chi connectivity index (χ4v) is 3.84. The Morgan fingerprint density at radius 1 is 1.31 bits per heavy atom. The summed E-state index contributed by atoms with van der Waals surface area (Å²) in [5, 5.41) is 5.42. The lowest BCUT2D eigenvalue weighted by Gasteiger charge is -2.32.